The van der Waals surface area contributed by atoms with Crippen LogP contribution in [-0.4, -0.2) is 48.1 Å². The molecule has 0 heterocycles. The second-order valence-electron chi connectivity index (χ2n) is 7.44. The zero-order valence-electron chi connectivity index (χ0n) is 14.2. The lowest BCUT2D eigenvalue weighted by atomic mass is 10.2. The van der Waals surface area contributed by atoms with Gasteiger partial charge in [0.2, 0.25) is 0 Å². The average Bonchev–Trinajstić information content (AvgIpc) is 2.18. The van der Waals surface area contributed by atoms with Crippen LogP contribution in [0.25, 0.3) is 0 Å². The van der Waals surface area contributed by atoms with E-state index in [9.17, 15) is 5.11 Å². The number of rotatable bonds is 10. The molecule has 0 spiro atoms. The topological polar surface area (TPSA) is 58.9 Å². The van der Waals surface area contributed by atoms with Gasteiger partial charge in [-0.1, -0.05) is 6.42 Å². The smallest absolute Gasteiger partial charge is 0.314 e. The van der Waals surface area contributed by atoms with Crippen molar-refractivity contribution in [1.29, 1.82) is 0 Å². The molecule has 0 bridgehead atoms. The van der Waals surface area contributed by atoms with Crippen molar-refractivity contribution in [1.82, 2.24) is 0 Å². The molecule has 0 saturated carbocycles. The molecule has 0 aliphatic rings. The first kappa shape index (κ1) is 20.5. The highest BCUT2D eigenvalue weighted by Gasteiger charge is 2.39. The Hall–Kier alpha value is 0.491. The van der Waals surface area contributed by atoms with Gasteiger partial charge in [-0.2, -0.15) is 0 Å². The lowest BCUT2D eigenvalue weighted by Crippen LogP contribution is -2.52. The minimum absolute atomic E-state index is 0.203. The van der Waals surface area contributed by atoms with E-state index in [1.54, 1.807) is 6.42 Å². The molecule has 0 aliphatic carbocycles. The highest BCUT2D eigenvalue weighted by Crippen LogP contribution is 2.26. The van der Waals surface area contributed by atoms with Crippen LogP contribution in [-0.2, 0) is 8.23 Å². The first-order valence-corrected chi connectivity index (χ1v) is 16.7. The van der Waals surface area contributed by atoms with Gasteiger partial charge in [0.15, 0.2) is 16.6 Å². The predicted molar refractivity (Wildman–Crippen MR) is 91.9 cm³/mol. The standard InChI is InChI=1S/C13H33O4Si3/c1-18(2,3)16-20(7,17-19(4,5)6)11-9-8-10-13(15)12-14/h10,13-15H,8-9,11-12H2,1-7H3. The Bertz CT molecular complexity index is 258. The van der Waals surface area contributed by atoms with Crippen molar-refractivity contribution >= 4 is 25.2 Å². The van der Waals surface area contributed by atoms with Crippen LogP contribution in [0.15, 0.2) is 0 Å². The molecule has 0 saturated heterocycles. The largest absolute Gasteiger partial charge is 0.437 e. The Balaban J connectivity index is 4.46. The van der Waals surface area contributed by atoms with Crippen LogP contribution in [0.1, 0.15) is 12.8 Å². The third-order valence-electron chi connectivity index (χ3n) is 2.50. The van der Waals surface area contributed by atoms with Crippen molar-refractivity contribution in [3.05, 3.63) is 6.42 Å². The fourth-order valence-electron chi connectivity index (χ4n) is 2.23. The number of hydrogen-bond acceptors (Lipinski definition) is 4. The van der Waals surface area contributed by atoms with E-state index in [1.165, 1.54) is 0 Å². The van der Waals surface area contributed by atoms with Crippen molar-refractivity contribution in [2.75, 3.05) is 6.61 Å². The van der Waals surface area contributed by atoms with Gasteiger partial charge in [-0.05, 0) is 64.7 Å². The number of unbranched alkanes of at least 4 members (excludes halogenated alkanes) is 1. The summed E-state index contributed by atoms with van der Waals surface area (Å²) in [5.41, 5.74) is 0. The molecule has 0 fully saturated rings. The lowest BCUT2D eigenvalue weighted by molar-refractivity contribution is 0.116. The summed E-state index contributed by atoms with van der Waals surface area (Å²) < 4.78 is 12.8. The molecule has 121 valence electrons. The quantitative estimate of drug-likeness (QED) is 0.475. The van der Waals surface area contributed by atoms with Gasteiger partial charge in [-0.15, -0.1) is 0 Å². The summed E-state index contributed by atoms with van der Waals surface area (Å²) >= 11 is 0. The SMILES string of the molecule is C[Si](C)(C)O[Si](C)(CCC[CH]C(O)CO)O[Si](C)(C)C. The third kappa shape index (κ3) is 11.2. The maximum atomic E-state index is 9.32. The van der Waals surface area contributed by atoms with Crippen LogP contribution in [0, 0.1) is 6.42 Å². The summed E-state index contributed by atoms with van der Waals surface area (Å²) in [5.74, 6) is 0. The summed E-state index contributed by atoms with van der Waals surface area (Å²) in [5, 5.41) is 18.1. The average molecular weight is 338 g/mol. The summed E-state index contributed by atoms with van der Waals surface area (Å²) in [4.78, 5) is 0. The highest BCUT2D eigenvalue weighted by atomic mass is 28.5. The van der Waals surface area contributed by atoms with Gasteiger partial charge in [-0.25, -0.2) is 0 Å². The number of hydrogen-bond donors (Lipinski definition) is 2. The molecule has 0 amide bonds. The van der Waals surface area contributed by atoms with Crippen LogP contribution in [0.5, 0.6) is 0 Å². The van der Waals surface area contributed by atoms with Crippen LogP contribution in [0.2, 0.25) is 51.9 Å². The lowest BCUT2D eigenvalue weighted by Gasteiger charge is -2.38. The molecular formula is C13H33O4Si3. The zero-order chi connectivity index (χ0) is 16.0. The van der Waals surface area contributed by atoms with Crippen LogP contribution in [0.4, 0.5) is 0 Å². The van der Waals surface area contributed by atoms with Gasteiger partial charge in [0.1, 0.15) is 0 Å². The Morgan fingerprint density at radius 1 is 0.950 bits per heavy atom. The Labute approximate surface area is 128 Å². The molecule has 4 nitrogen and oxygen atoms in total. The second-order valence-corrected chi connectivity index (χ2v) is 20.3. The van der Waals surface area contributed by atoms with E-state index in [4.69, 9.17) is 13.3 Å². The molecule has 7 heteroatoms. The molecule has 20 heavy (non-hydrogen) atoms. The van der Waals surface area contributed by atoms with Gasteiger partial charge in [-0.3, -0.25) is 0 Å². The van der Waals surface area contributed by atoms with E-state index in [2.05, 4.69) is 45.8 Å². The van der Waals surface area contributed by atoms with Gasteiger partial charge in [0.05, 0.1) is 12.7 Å². The zero-order valence-corrected chi connectivity index (χ0v) is 17.2. The maximum Gasteiger partial charge on any atom is 0.314 e. The maximum absolute atomic E-state index is 9.32. The van der Waals surface area contributed by atoms with Gasteiger partial charge < -0.3 is 18.4 Å². The Morgan fingerprint density at radius 3 is 1.75 bits per heavy atom. The van der Waals surface area contributed by atoms with Crippen molar-refractivity contribution in [2.45, 2.75) is 70.8 Å². The van der Waals surface area contributed by atoms with Crippen molar-refractivity contribution in [3.8, 4) is 0 Å². The summed E-state index contributed by atoms with van der Waals surface area (Å²) in [7, 11) is -5.39. The Kier molecular flexibility index (Phi) is 8.41. The molecule has 1 unspecified atom stereocenters. The normalized spacial score (nSPS) is 15.4. The van der Waals surface area contributed by atoms with E-state index in [0.29, 0.717) is 0 Å². The van der Waals surface area contributed by atoms with Crippen LogP contribution in [0.3, 0.4) is 0 Å². The molecule has 0 aliphatic heterocycles. The van der Waals surface area contributed by atoms with Crippen LogP contribution >= 0.6 is 0 Å². The molecule has 1 radical (unpaired) electrons. The molecule has 2 N–H and O–H groups in total. The van der Waals surface area contributed by atoms with E-state index < -0.39 is 31.3 Å². The third-order valence-corrected chi connectivity index (χ3v) is 12.1. The van der Waals surface area contributed by atoms with Crippen molar-refractivity contribution in [3.63, 3.8) is 0 Å². The van der Waals surface area contributed by atoms with Gasteiger partial charge in [0, 0.05) is 0 Å². The minimum atomic E-state index is -2.14. The van der Waals surface area contributed by atoms with Crippen molar-refractivity contribution < 1.29 is 18.4 Å². The molecular weight excluding hydrogens is 304 g/mol. The summed E-state index contributed by atoms with van der Waals surface area (Å²) in [6.45, 7) is 15.2. The number of aliphatic hydroxyl groups is 2. The monoisotopic (exact) mass is 337 g/mol. The van der Waals surface area contributed by atoms with E-state index in [0.717, 1.165) is 18.9 Å². The summed E-state index contributed by atoms with van der Waals surface area (Å²) in [6, 6.07) is 0.941. The van der Waals surface area contributed by atoms with E-state index in [1.807, 2.05) is 0 Å². The first-order chi connectivity index (χ1) is 8.87. The van der Waals surface area contributed by atoms with Crippen LogP contribution < -0.4 is 0 Å². The fourth-order valence-corrected chi connectivity index (χ4v) is 14.8. The van der Waals surface area contributed by atoms with Gasteiger partial charge >= 0.3 is 8.56 Å². The molecule has 0 aromatic rings. The Morgan fingerprint density at radius 2 is 1.40 bits per heavy atom. The fraction of sp³-hybridized carbons (Fsp3) is 0.923. The number of aliphatic hydroxyl groups excluding tert-OH is 2. The predicted octanol–water partition coefficient (Wildman–Crippen LogP) is 3.10. The molecule has 0 aromatic carbocycles. The molecule has 1 atom stereocenters. The van der Waals surface area contributed by atoms with E-state index >= 15 is 0 Å². The molecule has 0 aromatic heterocycles. The summed E-state index contributed by atoms with van der Waals surface area (Å²) in [6.07, 6.45) is 2.78. The highest BCUT2D eigenvalue weighted by molar-refractivity contribution is 6.87. The second kappa shape index (κ2) is 8.21. The first-order valence-electron chi connectivity index (χ1n) is 7.39. The van der Waals surface area contributed by atoms with Gasteiger partial charge in [0.25, 0.3) is 0 Å². The minimum Gasteiger partial charge on any atom is -0.437 e. The molecule has 0 rings (SSSR count). The van der Waals surface area contributed by atoms with Crippen molar-refractivity contribution in [2.24, 2.45) is 0 Å². The van der Waals surface area contributed by atoms with E-state index in [-0.39, 0.29) is 6.61 Å².